The van der Waals surface area contributed by atoms with Crippen LogP contribution in [0.3, 0.4) is 0 Å². The second kappa shape index (κ2) is 14.4. The summed E-state index contributed by atoms with van der Waals surface area (Å²) in [6.07, 6.45) is 1.55. The normalized spacial score (nSPS) is 11.0. The Balaban J connectivity index is 1.39. The number of carboxylic acid groups (broad SMARTS) is 1. The summed E-state index contributed by atoms with van der Waals surface area (Å²) < 4.78 is 0. The van der Waals surface area contributed by atoms with E-state index in [0.29, 0.717) is 27.5 Å². The Morgan fingerprint density at radius 1 is 0.786 bits per heavy atom. The molecule has 0 bridgehead atoms. The molecule has 0 aliphatic carbocycles. The Morgan fingerprint density at radius 2 is 1.45 bits per heavy atom. The fourth-order valence-electron chi connectivity index (χ4n) is 3.61. The lowest BCUT2D eigenvalue weighted by Gasteiger charge is -2.12. The first-order chi connectivity index (χ1) is 20.2. The third kappa shape index (κ3) is 8.71. The van der Waals surface area contributed by atoms with Crippen molar-refractivity contribution in [3.63, 3.8) is 0 Å². The number of hydrogen-bond donors (Lipinski definition) is 4. The molecule has 0 aliphatic heterocycles. The first kappa shape index (κ1) is 30.4. The first-order valence-corrected chi connectivity index (χ1v) is 14.1. The molecule has 0 unspecified atom stereocenters. The largest absolute Gasteiger partial charge is 0.478 e. The molecule has 0 aromatic heterocycles. The smallest absolute Gasteiger partial charge is 0.337 e. The van der Waals surface area contributed by atoms with E-state index in [4.69, 9.17) is 23.2 Å². The molecule has 42 heavy (non-hydrogen) atoms. The number of benzene rings is 4. The van der Waals surface area contributed by atoms with Crippen LogP contribution in [0.4, 0.5) is 11.4 Å². The van der Waals surface area contributed by atoms with Crippen molar-refractivity contribution >= 4 is 76.1 Å². The zero-order chi connectivity index (χ0) is 30.1. The van der Waals surface area contributed by atoms with Crippen molar-refractivity contribution in [2.75, 3.05) is 16.4 Å². The maximum absolute atomic E-state index is 13.2. The predicted octanol–water partition coefficient (Wildman–Crippen LogP) is 6.83. The summed E-state index contributed by atoms with van der Waals surface area (Å²) in [5.74, 6) is -2.42. The summed E-state index contributed by atoms with van der Waals surface area (Å²) in [4.78, 5) is 50.4. The molecule has 0 saturated heterocycles. The first-order valence-electron chi connectivity index (χ1n) is 12.4. The van der Waals surface area contributed by atoms with E-state index in [2.05, 4.69) is 16.0 Å². The molecule has 0 radical (unpaired) electrons. The average molecular weight is 621 g/mol. The minimum Gasteiger partial charge on any atom is -0.478 e. The van der Waals surface area contributed by atoms with Gasteiger partial charge in [0.1, 0.15) is 5.70 Å². The number of rotatable bonds is 10. The fourth-order valence-corrected chi connectivity index (χ4v) is 4.64. The second-order valence-corrected chi connectivity index (χ2v) is 10.6. The van der Waals surface area contributed by atoms with Crippen LogP contribution in [0.1, 0.15) is 26.3 Å². The van der Waals surface area contributed by atoms with Gasteiger partial charge in [-0.25, -0.2) is 4.79 Å². The van der Waals surface area contributed by atoms with Gasteiger partial charge in [0.15, 0.2) is 0 Å². The SMILES string of the molecule is O=C(CSc1ccc(NC(=O)/C(=C/c2ccc(Cl)cc2)NC(=O)c2ccccc2)cc1)Nc1ccc(Cl)c(C(=O)O)c1. The van der Waals surface area contributed by atoms with Crippen molar-refractivity contribution in [2.24, 2.45) is 0 Å². The third-order valence-corrected chi connectivity index (χ3v) is 7.27. The van der Waals surface area contributed by atoms with Crippen LogP contribution in [-0.4, -0.2) is 34.6 Å². The molecule has 0 fully saturated rings. The highest BCUT2D eigenvalue weighted by Gasteiger charge is 2.16. The van der Waals surface area contributed by atoms with Crippen LogP contribution < -0.4 is 16.0 Å². The second-order valence-electron chi connectivity index (χ2n) is 8.74. The number of anilines is 2. The Bertz CT molecular complexity index is 1640. The summed E-state index contributed by atoms with van der Waals surface area (Å²) in [7, 11) is 0. The van der Waals surface area contributed by atoms with E-state index in [0.717, 1.165) is 4.90 Å². The van der Waals surface area contributed by atoms with Gasteiger partial charge >= 0.3 is 5.97 Å². The van der Waals surface area contributed by atoms with Gasteiger partial charge in [-0.15, -0.1) is 11.8 Å². The van der Waals surface area contributed by atoms with Gasteiger partial charge in [-0.3, -0.25) is 14.4 Å². The maximum atomic E-state index is 13.2. The van der Waals surface area contributed by atoms with E-state index >= 15 is 0 Å². The standard InChI is InChI=1S/C31H23Cl2N3O5S/c32-21-8-6-19(7-9-21)16-27(36-29(38)20-4-2-1-3-5-20)30(39)35-22-10-13-24(14-11-22)42-18-28(37)34-23-12-15-26(33)25(17-23)31(40)41/h1-17H,18H2,(H,34,37)(H,35,39)(H,36,38)(H,40,41)/b27-16-. The zero-order valence-corrected chi connectivity index (χ0v) is 24.1. The van der Waals surface area contributed by atoms with Crippen molar-refractivity contribution in [3.05, 3.63) is 129 Å². The van der Waals surface area contributed by atoms with Gasteiger partial charge < -0.3 is 21.1 Å². The topological polar surface area (TPSA) is 125 Å². The number of halogens is 2. The molecule has 4 N–H and O–H groups in total. The minimum absolute atomic E-state index is 0.0366. The van der Waals surface area contributed by atoms with E-state index in [-0.39, 0.29) is 27.9 Å². The van der Waals surface area contributed by atoms with Crippen molar-refractivity contribution in [1.29, 1.82) is 0 Å². The molecule has 0 heterocycles. The molecule has 11 heteroatoms. The molecule has 4 aromatic rings. The lowest BCUT2D eigenvalue weighted by Crippen LogP contribution is -2.30. The van der Waals surface area contributed by atoms with E-state index in [1.165, 1.54) is 30.0 Å². The molecule has 8 nitrogen and oxygen atoms in total. The Labute approximate surface area is 255 Å². The number of carboxylic acids is 1. The molecule has 0 aliphatic rings. The molecule has 4 aromatic carbocycles. The van der Waals surface area contributed by atoms with Crippen LogP contribution in [0.2, 0.25) is 10.0 Å². The number of carbonyl (C=O) groups is 4. The Hall–Kier alpha value is -4.57. The Kier molecular flexibility index (Phi) is 10.4. The minimum atomic E-state index is -1.19. The van der Waals surface area contributed by atoms with Crippen LogP contribution in [-0.2, 0) is 9.59 Å². The summed E-state index contributed by atoms with van der Waals surface area (Å²) >= 11 is 13.1. The number of hydrogen-bond acceptors (Lipinski definition) is 5. The number of carbonyl (C=O) groups excluding carboxylic acids is 3. The fraction of sp³-hybridized carbons (Fsp3) is 0.0323. The van der Waals surface area contributed by atoms with E-state index in [1.807, 2.05) is 0 Å². The maximum Gasteiger partial charge on any atom is 0.337 e. The van der Waals surface area contributed by atoms with Crippen LogP contribution >= 0.6 is 35.0 Å². The molecule has 0 saturated carbocycles. The summed E-state index contributed by atoms with van der Waals surface area (Å²) in [5, 5.41) is 17.9. The molecular weight excluding hydrogens is 597 g/mol. The van der Waals surface area contributed by atoms with Gasteiger partial charge in [-0.1, -0.05) is 53.5 Å². The van der Waals surface area contributed by atoms with Gasteiger partial charge in [0.05, 0.1) is 16.3 Å². The average Bonchev–Trinajstić information content (AvgIpc) is 2.98. The molecule has 0 spiro atoms. The van der Waals surface area contributed by atoms with E-state index < -0.39 is 17.8 Å². The summed E-state index contributed by atoms with van der Waals surface area (Å²) in [6, 6.07) is 26.4. The van der Waals surface area contributed by atoms with Gasteiger partial charge in [0.25, 0.3) is 11.8 Å². The van der Waals surface area contributed by atoms with E-state index in [1.54, 1.807) is 84.9 Å². The van der Waals surface area contributed by atoms with Crippen molar-refractivity contribution in [3.8, 4) is 0 Å². The van der Waals surface area contributed by atoms with E-state index in [9.17, 15) is 24.3 Å². The summed E-state index contributed by atoms with van der Waals surface area (Å²) in [5.41, 5.74) is 1.80. The monoisotopic (exact) mass is 619 g/mol. The molecule has 4 rings (SSSR count). The molecule has 212 valence electrons. The van der Waals surface area contributed by atoms with Gasteiger partial charge in [-0.2, -0.15) is 0 Å². The zero-order valence-electron chi connectivity index (χ0n) is 21.8. The third-order valence-electron chi connectivity index (χ3n) is 5.67. The molecule has 3 amide bonds. The number of thioether (sulfide) groups is 1. The number of amides is 3. The predicted molar refractivity (Wildman–Crippen MR) is 166 cm³/mol. The molecular formula is C31H23Cl2N3O5S. The van der Waals surface area contributed by atoms with Gasteiger partial charge in [0.2, 0.25) is 5.91 Å². The summed E-state index contributed by atoms with van der Waals surface area (Å²) in [6.45, 7) is 0. The molecule has 0 atom stereocenters. The highest BCUT2D eigenvalue weighted by Crippen LogP contribution is 2.23. The van der Waals surface area contributed by atoms with Crippen LogP contribution in [0.5, 0.6) is 0 Å². The van der Waals surface area contributed by atoms with Crippen molar-refractivity contribution in [2.45, 2.75) is 4.90 Å². The quantitative estimate of drug-likeness (QED) is 0.114. The van der Waals surface area contributed by atoms with Crippen molar-refractivity contribution < 1.29 is 24.3 Å². The van der Waals surface area contributed by atoms with Gasteiger partial charge in [0, 0.05) is 26.9 Å². The van der Waals surface area contributed by atoms with Crippen LogP contribution in [0.15, 0.2) is 108 Å². The van der Waals surface area contributed by atoms with Gasteiger partial charge in [-0.05, 0) is 78.4 Å². The number of aromatic carboxylic acids is 1. The van der Waals surface area contributed by atoms with Crippen LogP contribution in [0, 0.1) is 0 Å². The Morgan fingerprint density at radius 3 is 2.12 bits per heavy atom. The highest BCUT2D eigenvalue weighted by molar-refractivity contribution is 8.00. The lowest BCUT2D eigenvalue weighted by molar-refractivity contribution is -0.114. The lowest BCUT2D eigenvalue weighted by atomic mass is 10.1. The number of nitrogens with one attached hydrogen (secondary N) is 3. The van der Waals surface area contributed by atoms with Crippen LogP contribution in [0.25, 0.3) is 6.08 Å². The highest BCUT2D eigenvalue weighted by atomic mass is 35.5. The van der Waals surface area contributed by atoms with Crippen molar-refractivity contribution in [1.82, 2.24) is 5.32 Å².